The summed E-state index contributed by atoms with van der Waals surface area (Å²) in [5, 5.41) is 32.0. The minimum atomic E-state index is -4.98. The Morgan fingerprint density at radius 1 is 1.23 bits per heavy atom. The van der Waals surface area contributed by atoms with E-state index in [9.17, 15) is 27.7 Å². The molecular formula is C18H16Cl2N8O9S2. The lowest BCUT2D eigenvalue weighted by molar-refractivity contribution is -0.432. The van der Waals surface area contributed by atoms with Crippen LogP contribution in [0.15, 0.2) is 36.9 Å². The van der Waals surface area contributed by atoms with Crippen molar-refractivity contribution in [1.29, 1.82) is 0 Å². The number of rotatable bonds is 10. The topological polar surface area (TPSA) is 254 Å². The number of azo groups is 1. The number of primary amides is 1. The average molecular weight is 623 g/mol. The van der Waals surface area contributed by atoms with Gasteiger partial charge in [0, 0.05) is 12.1 Å². The predicted molar refractivity (Wildman–Crippen MR) is 136 cm³/mol. The summed E-state index contributed by atoms with van der Waals surface area (Å²) in [7, 11) is -4.98. The first-order valence-electron chi connectivity index (χ1n) is 10.1. The number of aromatic nitrogens is 4. The molecule has 0 aliphatic rings. The van der Waals surface area contributed by atoms with Gasteiger partial charge in [-0.2, -0.15) is 23.4 Å². The molecule has 6 N–H and O–H groups in total. The quantitative estimate of drug-likeness (QED) is 0.0714. The molecule has 0 saturated carbocycles. The highest BCUT2D eigenvalue weighted by Crippen LogP contribution is 2.39. The molecule has 0 bridgehead atoms. The first-order valence-corrected chi connectivity index (χ1v) is 13.0. The Kier molecular flexibility index (Phi) is 9.40. The highest BCUT2D eigenvalue weighted by atomic mass is 35.5. The van der Waals surface area contributed by atoms with E-state index in [1.807, 2.05) is 0 Å². The number of hydrogen-bond donors (Lipinski definition) is 5. The number of nitrogens with one attached hydrogen (secondary N) is 1. The van der Waals surface area contributed by atoms with Crippen molar-refractivity contribution in [3.63, 3.8) is 0 Å². The van der Waals surface area contributed by atoms with E-state index in [-0.39, 0.29) is 39.2 Å². The maximum atomic E-state index is 12.9. The van der Waals surface area contributed by atoms with Crippen LogP contribution in [0.4, 0.5) is 23.0 Å². The second kappa shape index (κ2) is 12.2. The fourth-order valence-corrected chi connectivity index (χ4v) is 4.71. The van der Waals surface area contributed by atoms with Crippen LogP contribution in [0.25, 0.3) is 0 Å². The molecule has 0 aliphatic heterocycles. The number of carbonyl (C=O) groups excluding carboxylic acids is 1. The molecule has 2 heterocycles. The summed E-state index contributed by atoms with van der Waals surface area (Å²) < 4.78 is 39.3. The van der Waals surface area contributed by atoms with Gasteiger partial charge >= 0.3 is 0 Å². The number of pyridine rings is 1. The number of nitrogens with zero attached hydrogens (tertiary/aromatic N) is 6. The van der Waals surface area contributed by atoms with Gasteiger partial charge < -0.3 is 16.2 Å². The van der Waals surface area contributed by atoms with E-state index in [0.717, 1.165) is 16.7 Å². The smallest absolute Gasteiger partial charge is 0.296 e. The Labute approximate surface area is 232 Å². The monoisotopic (exact) mass is 622 g/mol. The van der Waals surface area contributed by atoms with Crippen molar-refractivity contribution >= 4 is 74.3 Å². The molecule has 0 unspecified atom stereocenters. The van der Waals surface area contributed by atoms with Gasteiger partial charge in [0.15, 0.2) is 5.69 Å². The van der Waals surface area contributed by atoms with Crippen molar-refractivity contribution in [2.75, 3.05) is 5.32 Å². The Bertz CT molecular complexity index is 1630. The van der Waals surface area contributed by atoms with Gasteiger partial charge in [-0.15, -0.1) is 14.6 Å². The number of hydrogen-bond acceptors (Lipinski definition) is 15. The minimum Gasteiger partial charge on any atom is -0.494 e. The number of halogens is 2. The molecule has 3 aromatic rings. The molecule has 17 nitrogen and oxygen atoms in total. The fraction of sp³-hybridized carbons (Fsp3) is 0.167. The Morgan fingerprint density at radius 3 is 2.41 bits per heavy atom. The summed E-state index contributed by atoms with van der Waals surface area (Å²) in [6, 6.07) is 1.87. The van der Waals surface area contributed by atoms with E-state index in [2.05, 4.69) is 39.9 Å². The largest absolute Gasteiger partial charge is 0.494 e. The van der Waals surface area contributed by atoms with E-state index in [1.54, 1.807) is 0 Å². The van der Waals surface area contributed by atoms with Crippen LogP contribution in [0.2, 0.25) is 10.6 Å². The van der Waals surface area contributed by atoms with Gasteiger partial charge in [0.05, 0.1) is 22.6 Å². The van der Waals surface area contributed by atoms with Crippen molar-refractivity contribution in [3.8, 4) is 5.88 Å². The van der Waals surface area contributed by atoms with E-state index in [1.165, 1.54) is 13.8 Å². The third-order valence-electron chi connectivity index (χ3n) is 4.80. The van der Waals surface area contributed by atoms with Gasteiger partial charge in [0.1, 0.15) is 16.1 Å². The maximum Gasteiger partial charge on any atom is 0.296 e. The number of nitrogens with two attached hydrogens (primary N) is 1. The first-order chi connectivity index (χ1) is 18.3. The van der Waals surface area contributed by atoms with Crippen LogP contribution in [-0.4, -0.2) is 48.8 Å². The van der Waals surface area contributed by atoms with Crippen LogP contribution in [0.1, 0.15) is 22.8 Å². The summed E-state index contributed by atoms with van der Waals surface area (Å²) in [5.41, 5.74) is 2.87. The van der Waals surface area contributed by atoms with Crippen LogP contribution in [0, 0.1) is 6.92 Å². The van der Waals surface area contributed by atoms with E-state index >= 15 is 0 Å². The maximum absolute atomic E-state index is 12.9. The summed E-state index contributed by atoms with van der Waals surface area (Å²) in [5.74, 6) is -1.96. The number of benzene rings is 1. The SMILES string of the molecule is CCn1c(O)c(C(N)=O)c(C)c(N=Nc2cc(Nc3nc(Cl)nc(Cl)n3)c(SOOO)cc2S(=O)(=O)O)c1=O. The molecule has 3 rings (SSSR count). The van der Waals surface area contributed by atoms with Crippen molar-refractivity contribution in [2.45, 2.75) is 30.2 Å². The average Bonchev–Trinajstić information content (AvgIpc) is 2.82. The minimum absolute atomic E-state index is 0.0667. The van der Waals surface area contributed by atoms with Crippen molar-refractivity contribution in [1.82, 2.24) is 19.5 Å². The van der Waals surface area contributed by atoms with E-state index in [4.69, 9.17) is 34.2 Å². The lowest BCUT2D eigenvalue weighted by Gasteiger charge is -2.14. The van der Waals surface area contributed by atoms with Crippen LogP contribution >= 0.6 is 35.2 Å². The Balaban J connectivity index is 2.26. The first kappa shape index (κ1) is 30.1. The van der Waals surface area contributed by atoms with E-state index < -0.39 is 49.3 Å². The predicted octanol–water partition coefficient (Wildman–Crippen LogP) is 3.31. The number of anilines is 2. The second-order valence-electron chi connectivity index (χ2n) is 7.13. The van der Waals surface area contributed by atoms with Crippen LogP contribution in [0.3, 0.4) is 0 Å². The normalized spacial score (nSPS) is 11.7. The summed E-state index contributed by atoms with van der Waals surface area (Å²) in [6.45, 7) is 2.70. The standard InChI is InChI=1S/C18H16Cl2N8O9S2/c1-3-28-14(30)11(13(21)29)6(2)12(15(28)31)27-26-8-4-7(22-18-24-16(19)23-17(20)25-18)9(38-37-36-32)5-10(8)39(33,34)35/h4-5,30,32H,3H2,1-2H3,(H2,21,29)(H,33,34,35)(H,22,23,24,25). The van der Waals surface area contributed by atoms with Crippen LogP contribution in [-0.2, 0) is 26.0 Å². The van der Waals surface area contributed by atoms with Gasteiger partial charge in [-0.25, -0.2) is 5.26 Å². The van der Waals surface area contributed by atoms with Crippen molar-refractivity contribution in [2.24, 2.45) is 16.0 Å². The number of aromatic hydroxyl groups is 1. The molecule has 208 valence electrons. The molecule has 1 amide bonds. The number of carbonyl (C=O) groups is 1. The molecular weight excluding hydrogens is 607 g/mol. The molecule has 21 heteroatoms. The summed E-state index contributed by atoms with van der Waals surface area (Å²) in [4.78, 5) is 35.0. The fourth-order valence-electron chi connectivity index (χ4n) is 3.17. The molecule has 2 aromatic heterocycles. The highest BCUT2D eigenvalue weighted by Gasteiger charge is 2.24. The zero-order valence-electron chi connectivity index (χ0n) is 19.5. The molecule has 0 saturated heterocycles. The van der Waals surface area contributed by atoms with Gasteiger partial charge in [-0.3, -0.25) is 18.7 Å². The lowest BCUT2D eigenvalue weighted by atomic mass is 10.1. The Hall–Kier alpha value is -3.43. The molecule has 0 spiro atoms. The third kappa shape index (κ3) is 6.78. The molecule has 39 heavy (non-hydrogen) atoms. The Morgan fingerprint density at radius 2 is 1.87 bits per heavy atom. The van der Waals surface area contributed by atoms with Gasteiger partial charge in [0.2, 0.25) is 22.4 Å². The van der Waals surface area contributed by atoms with E-state index in [0.29, 0.717) is 12.0 Å². The second-order valence-corrected chi connectivity index (χ2v) is 9.93. The molecule has 0 atom stereocenters. The highest BCUT2D eigenvalue weighted by molar-refractivity contribution is 7.94. The van der Waals surface area contributed by atoms with Gasteiger partial charge in [-0.1, -0.05) is 5.04 Å². The van der Waals surface area contributed by atoms with Crippen LogP contribution < -0.4 is 16.6 Å². The summed E-state index contributed by atoms with van der Waals surface area (Å²) >= 11 is 11.8. The number of amides is 1. The lowest BCUT2D eigenvalue weighted by Crippen LogP contribution is -2.25. The van der Waals surface area contributed by atoms with Crippen LogP contribution in [0.5, 0.6) is 5.88 Å². The van der Waals surface area contributed by atoms with Crippen molar-refractivity contribution < 1.29 is 37.5 Å². The zero-order valence-corrected chi connectivity index (χ0v) is 22.6. The summed E-state index contributed by atoms with van der Waals surface area (Å²) in [6.07, 6.45) is 0. The molecule has 1 aromatic carbocycles. The molecule has 0 radical (unpaired) electrons. The van der Waals surface area contributed by atoms with Gasteiger partial charge in [-0.05, 0) is 49.2 Å². The molecule has 0 aliphatic carbocycles. The van der Waals surface area contributed by atoms with Crippen molar-refractivity contribution in [3.05, 3.63) is 44.2 Å². The molecule has 0 fully saturated rings. The third-order valence-corrected chi connectivity index (χ3v) is 6.67. The van der Waals surface area contributed by atoms with Gasteiger partial charge in [0.25, 0.3) is 21.6 Å². The zero-order chi connectivity index (χ0) is 29.1.